The van der Waals surface area contributed by atoms with Crippen molar-refractivity contribution in [2.75, 3.05) is 0 Å². The van der Waals surface area contributed by atoms with Gasteiger partial charge in [-0.2, -0.15) is 0 Å². The zero-order chi connectivity index (χ0) is 21.2. The summed E-state index contributed by atoms with van der Waals surface area (Å²) in [7, 11) is 0. The molecule has 152 valence electrons. The smallest absolute Gasteiger partial charge is 0.166 e. The fraction of sp³-hybridized carbons (Fsp3) is 0.462. The summed E-state index contributed by atoms with van der Waals surface area (Å²) in [5.74, 6) is 0.954. The molecule has 0 radical (unpaired) electrons. The van der Waals surface area contributed by atoms with Crippen LogP contribution in [0, 0.1) is 0 Å². The number of aliphatic hydroxyl groups is 2. The zero-order valence-electron chi connectivity index (χ0n) is 18.7. The van der Waals surface area contributed by atoms with Crippen LogP contribution in [-0.4, -0.2) is 10.2 Å². The second-order valence-electron chi connectivity index (χ2n) is 8.94. The minimum atomic E-state index is -0.0111. The van der Waals surface area contributed by atoms with Gasteiger partial charge in [0.25, 0.3) is 0 Å². The lowest BCUT2D eigenvalue weighted by Crippen LogP contribution is -2.08. The van der Waals surface area contributed by atoms with Crippen molar-refractivity contribution in [3.05, 3.63) is 69.8 Å². The highest BCUT2D eigenvalue weighted by atomic mass is 16.3. The minimum Gasteiger partial charge on any atom is -0.504 e. The molecule has 0 fully saturated rings. The molecule has 2 aromatic rings. The minimum absolute atomic E-state index is 0.0111. The fourth-order valence-corrected chi connectivity index (χ4v) is 3.89. The molecule has 0 heterocycles. The molecule has 0 spiro atoms. The molecule has 0 saturated heterocycles. The number of hydrogen-bond acceptors (Lipinski definition) is 2. The van der Waals surface area contributed by atoms with Crippen LogP contribution in [0.5, 0.6) is 0 Å². The van der Waals surface area contributed by atoms with Gasteiger partial charge in [0, 0.05) is 11.1 Å². The Bertz CT molecular complexity index is 731. The van der Waals surface area contributed by atoms with Crippen LogP contribution in [0.1, 0.15) is 112 Å². The Morgan fingerprint density at radius 1 is 0.500 bits per heavy atom. The molecule has 2 aromatic carbocycles. The molecule has 2 rings (SSSR count). The van der Waals surface area contributed by atoms with Gasteiger partial charge in [0.2, 0.25) is 0 Å². The Morgan fingerprint density at radius 2 is 0.714 bits per heavy atom. The molecule has 0 aliphatic rings. The molecule has 0 saturated carbocycles. The first-order chi connectivity index (χ1) is 13.1. The second-order valence-corrected chi connectivity index (χ2v) is 8.94. The predicted molar refractivity (Wildman–Crippen MR) is 121 cm³/mol. The van der Waals surface area contributed by atoms with Crippen molar-refractivity contribution in [3.63, 3.8) is 0 Å². The van der Waals surface area contributed by atoms with Gasteiger partial charge in [-0.15, -0.1) is 0 Å². The number of aliphatic hydroxyl groups excluding tert-OH is 2. The average molecular weight is 381 g/mol. The predicted octanol–water partition coefficient (Wildman–Crippen LogP) is 8.12. The summed E-state index contributed by atoms with van der Waals surface area (Å²) in [4.78, 5) is 0. The number of benzene rings is 2. The molecule has 0 bridgehead atoms. The zero-order valence-corrected chi connectivity index (χ0v) is 18.7. The number of hydrogen-bond donors (Lipinski definition) is 2. The highest BCUT2D eigenvalue weighted by Gasteiger charge is 2.24. The lowest BCUT2D eigenvalue weighted by Gasteiger charge is -2.23. The van der Waals surface area contributed by atoms with E-state index in [2.05, 4.69) is 55.4 Å². The van der Waals surface area contributed by atoms with Gasteiger partial charge >= 0.3 is 0 Å². The van der Waals surface area contributed by atoms with Crippen LogP contribution >= 0.6 is 0 Å². The van der Waals surface area contributed by atoms with Gasteiger partial charge in [0.05, 0.1) is 0 Å². The third kappa shape index (κ3) is 4.27. The molecule has 2 N–H and O–H groups in total. The third-order valence-corrected chi connectivity index (χ3v) is 5.44. The molecule has 2 nitrogen and oxygen atoms in total. The summed E-state index contributed by atoms with van der Waals surface area (Å²) < 4.78 is 0. The monoisotopic (exact) mass is 380 g/mol. The molecule has 0 atom stereocenters. The highest BCUT2D eigenvalue weighted by molar-refractivity contribution is 5.87. The van der Waals surface area contributed by atoms with Crippen molar-refractivity contribution in [1.82, 2.24) is 0 Å². The van der Waals surface area contributed by atoms with Crippen LogP contribution in [0.4, 0.5) is 0 Å². The Morgan fingerprint density at radius 3 is 0.893 bits per heavy atom. The highest BCUT2D eigenvalue weighted by Crippen LogP contribution is 2.38. The molecule has 0 unspecified atom stereocenters. The Labute approximate surface area is 170 Å². The average Bonchev–Trinajstić information content (AvgIpc) is 2.65. The largest absolute Gasteiger partial charge is 0.504 e. The van der Waals surface area contributed by atoms with E-state index in [-0.39, 0.29) is 35.2 Å². The van der Waals surface area contributed by atoms with Gasteiger partial charge in [-0.3, -0.25) is 0 Å². The summed E-state index contributed by atoms with van der Waals surface area (Å²) >= 11 is 0. The van der Waals surface area contributed by atoms with Crippen molar-refractivity contribution in [2.24, 2.45) is 0 Å². The summed E-state index contributed by atoms with van der Waals surface area (Å²) in [5.41, 5.74) is 5.79. The van der Waals surface area contributed by atoms with E-state index < -0.39 is 0 Å². The summed E-state index contributed by atoms with van der Waals surface area (Å²) in [6, 6.07) is 12.3. The van der Waals surface area contributed by atoms with Gasteiger partial charge in [-0.05, 0) is 45.9 Å². The lowest BCUT2D eigenvalue weighted by molar-refractivity contribution is 0.456. The van der Waals surface area contributed by atoms with Crippen molar-refractivity contribution in [1.29, 1.82) is 0 Å². The van der Waals surface area contributed by atoms with Crippen molar-refractivity contribution in [3.8, 4) is 0 Å². The maximum absolute atomic E-state index is 11.3. The molecule has 0 amide bonds. The van der Waals surface area contributed by atoms with Crippen molar-refractivity contribution in [2.45, 2.75) is 79.1 Å². The molecule has 0 aliphatic carbocycles. The van der Waals surface area contributed by atoms with E-state index in [1.165, 1.54) is 0 Å². The summed E-state index contributed by atoms with van der Waals surface area (Å²) in [5, 5.41) is 22.7. The van der Waals surface area contributed by atoms with Crippen LogP contribution in [0.25, 0.3) is 11.5 Å². The molecule has 28 heavy (non-hydrogen) atoms. The second kappa shape index (κ2) is 8.86. The SMILES string of the molecule is CC(C)c1cccc(C(C)C)c1/C(O)=C(/O)c1c(C(C)C)cccc1C(C)C. The number of rotatable bonds is 6. The van der Waals surface area contributed by atoms with Crippen LogP contribution in [0.3, 0.4) is 0 Å². The van der Waals surface area contributed by atoms with E-state index in [0.717, 1.165) is 33.4 Å². The summed E-state index contributed by atoms with van der Waals surface area (Å²) in [6.45, 7) is 17.0. The molecule has 0 aliphatic heterocycles. The lowest BCUT2D eigenvalue weighted by atomic mass is 9.84. The Hall–Kier alpha value is -2.22. The first kappa shape index (κ1) is 22.1. The first-order valence-electron chi connectivity index (χ1n) is 10.5. The Kier molecular flexibility index (Phi) is 6.98. The van der Waals surface area contributed by atoms with E-state index in [1.54, 1.807) is 0 Å². The topological polar surface area (TPSA) is 40.5 Å². The Balaban J connectivity index is 2.88. The van der Waals surface area contributed by atoms with E-state index in [9.17, 15) is 10.2 Å². The fourth-order valence-electron chi connectivity index (χ4n) is 3.89. The van der Waals surface area contributed by atoms with Crippen LogP contribution < -0.4 is 0 Å². The van der Waals surface area contributed by atoms with Gasteiger partial charge in [-0.25, -0.2) is 0 Å². The van der Waals surface area contributed by atoms with Crippen molar-refractivity contribution >= 4 is 11.5 Å². The maximum Gasteiger partial charge on any atom is 0.166 e. The van der Waals surface area contributed by atoms with Gasteiger partial charge in [0.15, 0.2) is 11.5 Å². The van der Waals surface area contributed by atoms with Crippen LogP contribution in [0.2, 0.25) is 0 Å². The van der Waals surface area contributed by atoms with Gasteiger partial charge in [-0.1, -0.05) is 91.8 Å². The molecule has 2 heteroatoms. The summed E-state index contributed by atoms with van der Waals surface area (Å²) in [6.07, 6.45) is 0. The molecular formula is C26H36O2. The van der Waals surface area contributed by atoms with Gasteiger partial charge < -0.3 is 10.2 Å². The normalized spacial score (nSPS) is 13.0. The third-order valence-electron chi connectivity index (χ3n) is 5.44. The van der Waals surface area contributed by atoms with Gasteiger partial charge in [0.1, 0.15) is 0 Å². The standard InChI is InChI=1S/C26H36O2/c1-15(2)19-11-9-12-20(16(3)4)23(19)25(27)26(28)24-21(17(5)6)13-10-14-22(24)18(7)8/h9-18,27-28H,1-8H3/b26-25-. The van der Waals surface area contributed by atoms with E-state index >= 15 is 0 Å². The first-order valence-corrected chi connectivity index (χ1v) is 10.5. The molecular weight excluding hydrogens is 344 g/mol. The van der Waals surface area contributed by atoms with Crippen LogP contribution in [-0.2, 0) is 0 Å². The van der Waals surface area contributed by atoms with Crippen molar-refractivity contribution < 1.29 is 10.2 Å². The maximum atomic E-state index is 11.3. The van der Waals surface area contributed by atoms with E-state index in [0.29, 0.717) is 0 Å². The quantitative estimate of drug-likeness (QED) is 0.392. The van der Waals surface area contributed by atoms with E-state index in [1.807, 2.05) is 36.4 Å². The van der Waals surface area contributed by atoms with Crippen LogP contribution in [0.15, 0.2) is 36.4 Å². The molecule has 0 aromatic heterocycles. The van der Waals surface area contributed by atoms with E-state index in [4.69, 9.17) is 0 Å².